The quantitative estimate of drug-likeness (QED) is 0.260. The van der Waals surface area contributed by atoms with Gasteiger partial charge in [-0.2, -0.15) is 15.0 Å². The summed E-state index contributed by atoms with van der Waals surface area (Å²) in [6.45, 7) is 3.22. The third-order valence-electron chi connectivity index (χ3n) is 8.32. The molecule has 0 amide bonds. The minimum atomic E-state index is -2.77. The van der Waals surface area contributed by atoms with Crippen LogP contribution in [0.5, 0.6) is 5.75 Å². The van der Waals surface area contributed by atoms with E-state index >= 15 is 0 Å². The van der Waals surface area contributed by atoms with Gasteiger partial charge in [0, 0.05) is 32.1 Å². The molecule has 9 nitrogen and oxygen atoms in total. The maximum absolute atomic E-state index is 14.1. The number of rotatable bonds is 10. The molecule has 6 rings (SSSR count). The number of para-hydroxylation sites is 2. The smallest absolute Gasteiger partial charge is 0.296 e. The molecule has 2 N–H and O–H groups in total. The number of morpholine rings is 1. The number of nitrogens with zero attached hydrogens (tertiary/aromatic N) is 6. The summed E-state index contributed by atoms with van der Waals surface area (Å²) in [5.74, 6) is 1.88. The summed E-state index contributed by atoms with van der Waals surface area (Å²) in [4.78, 5) is 20.4. The molecule has 1 aliphatic heterocycles. The van der Waals surface area contributed by atoms with Crippen LogP contribution in [-0.2, 0) is 17.7 Å². The Morgan fingerprint density at radius 3 is 2.40 bits per heavy atom. The molecule has 1 saturated heterocycles. The molecule has 11 heteroatoms. The van der Waals surface area contributed by atoms with Crippen LogP contribution in [0.25, 0.3) is 17.0 Å². The largest absolute Gasteiger partial charge is 0.508 e. The van der Waals surface area contributed by atoms with E-state index in [4.69, 9.17) is 14.7 Å². The van der Waals surface area contributed by atoms with Crippen molar-refractivity contribution in [2.45, 2.75) is 64.0 Å². The van der Waals surface area contributed by atoms with Gasteiger partial charge in [0.25, 0.3) is 6.43 Å². The Bertz CT molecular complexity index is 1470. The van der Waals surface area contributed by atoms with Gasteiger partial charge in [0.15, 0.2) is 5.82 Å². The van der Waals surface area contributed by atoms with Gasteiger partial charge in [0.1, 0.15) is 11.6 Å². The number of aromatic nitrogens is 5. The summed E-state index contributed by atoms with van der Waals surface area (Å²) < 4.78 is 35.1. The predicted molar refractivity (Wildman–Crippen MR) is 156 cm³/mol. The Morgan fingerprint density at radius 1 is 0.905 bits per heavy atom. The highest BCUT2D eigenvalue weighted by molar-refractivity contribution is 5.77. The van der Waals surface area contributed by atoms with E-state index in [1.807, 2.05) is 17.0 Å². The number of halogens is 2. The first kappa shape index (κ1) is 28.4. The van der Waals surface area contributed by atoms with Crippen LogP contribution in [0.1, 0.15) is 62.2 Å². The van der Waals surface area contributed by atoms with Crippen molar-refractivity contribution in [1.82, 2.24) is 29.8 Å². The average molecular weight is 578 g/mol. The number of imidazole rings is 1. The van der Waals surface area contributed by atoms with Gasteiger partial charge in [-0.05, 0) is 67.9 Å². The molecule has 222 valence electrons. The average Bonchev–Trinajstić information content (AvgIpc) is 3.42. The van der Waals surface area contributed by atoms with Crippen molar-refractivity contribution in [1.29, 1.82) is 0 Å². The van der Waals surface area contributed by atoms with E-state index in [9.17, 15) is 13.9 Å². The Labute approximate surface area is 244 Å². The Morgan fingerprint density at radius 2 is 1.64 bits per heavy atom. The van der Waals surface area contributed by atoms with Crippen LogP contribution in [0.3, 0.4) is 0 Å². The molecular weight excluding hydrogens is 540 g/mol. The fourth-order valence-electron chi connectivity index (χ4n) is 5.99. The zero-order valence-corrected chi connectivity index (χ0v) is 23.6. The highest BCUT2D eigenvalue weighted by atomic mass is 19.3. The topological polar surface area (TPSA) is 101 Å². The van der Waals surface area contributed by atoms with Crippen LogP contribution >= 0.6 is 0 Å². The zero-order chi connectivity index (χ0) is 28.9. The number of hydrogen-bond donors (Lipinski definition) is 2. The SMILES string of the molecule is Oc1ccc(CNC2CCC(CCCc3nc(N4CCOCC4)nc(-n4c(C(F)F)nc5ccccc54)n3)CC2)cc1. The molecule has 1 aliphatic carbocycles. The number of alkyl halides is 2. The summed E-state index contributed by atoms with van der Waals surface area (Å²) in [5, 5.41) is 13.1. The summed E-state index contributed by atoms with van der Waals surface area (Å²) >= 11 is 0. The lowest BCUT2D eigenvalue weighted by atomic mass is 9.83. The molecule has 2 fully saturated rings. The number of phenolic OH excluding ortho intramolecular Hbond substituents is 1. The summed E-state index contributed by atoms with van der Waals surface area (Å²) in [7, 11) is 0. The second-order valence-corrected chi connectivity index (χ2v) is 11.2. The fraction of sp³-hybridized carbons (Fsp3) is 0.484. The molecule has 3 heterocycles. The van der Waals surface area contributed by atoms with Crippen molar-refractivity contribution >= 4 is 17.0 Å². The van der Waals surface area contributed by atoms with E-state index in [1.54, 1.807) is 36.4 Å². The fourth-order valence-corrected chi connectivity index (χ4v) is 5.99. The lowest BCUT2D eigenvalue weighted by molar-refractivity contribution is 0.122. The maximum atomic E-state index is 14.1. The van der Waals surface area contributed by atoms with E-state index in [2.05, 4.69) is 15.3 Å². The van der Waals surface area contributed by atoms with E-state index < -0.39 is 6.43 Å². The third-order valence-corrected chi connectivity index (χ3v) is 8.32. The molecule has 0 bridgehead atoms. The standard InChI is InChI=1S/C31H37F2N7O2/c32-28(33)29-35-25-5-1-2-6-26(25)40(29)31-37-27(36-30(38-31)39-16-18-42-19-17-39)7-3-4-21-8-12-23(13-9-21)34-20-22-10-14-24(41)15-11-22/h1-2,5-6,10-11,14-15,21,23,28,34,41H,3-4,7-9,12-13,16-20H2. The van der Waals surface area contributed by atoms with Crippen LogP contribution in [-0.4, -0.2) is 62.0 Å². The molecule has 4 aromatic rings. The van der Waals surface area contributed by atoms with Crippen LogP contribution in [0, 0.1) is 5.92 Å². The molecule has 2 aliphatic rings. The maximum Gasteiger partial charge on any atom is 0.296 e. The van der Waals surface area contributed by atoms with Crippen molar-refractivity contribution < 1.29 is 18.6 Å². The van der Waals surface area contributed by atoms with Gasteiger partial charge in [0.05, 0.1) is 24.2 Å². The number of aryl methyl sites for hydroxylation is 1. The first-order chi connectivity index (χ1) is 20.5. The Kier molecular flexibility index (Phi) is 8.85. The van der Waals surface area contributed by atoms with Gasteiger partial charge in [-0.3, -0.25) is 4.57 Å². The number of benzene rings is 2. The highest BCUT2D eigenvalue weighted by Crippen LogP contribution is 2.30. The Hall–Kier alpha value is -3.70. The van der Waals surface area contributed by atoms with E-state index in [-0.39, 0.29) is 17.5 Å². The van der Waals surface area contributed by atoms with E-state index in [1.165, 1.54) is 23.0 Å². The number of hydrogen-bond acceptors (Lipinski definition) is 8. The van der Waals surface area contributed by atoms with Gasteiger partial charge in [-0.1, -0.05) is 30.7 Å². The van der Waals surface area contributed by atoms with Gasteiger partial charge >= 0.3 is 0 Å². The van der Waals surface area contributed by atoms with E-state index in [0.717, 1.165) is 32.2 Å². The Balaban J connectivity index is 1.12. The van der Waals surface area contributed by atoms with Crippen LogP contribution in [0.15, 0.2) is 48.5 Å². The van der Waals surface area contributed by atoms with Crippen LogP contribution < -0.4 is 10.2 Å². The lowest BCUT2D eigenvalue weighted by Crippen LogP contribution is -2.37. The third kappa shape index (κ3) is 6.68. The molecule has 0 unspecified atom stereocenters. The second kappa shape index (κ2) is 13.1. The number of phenols is 1. The van der Waals surface area contributed by atoms with Crippen molar-refractivity contribution in [3.8, 4) is 11.7 Å². The van der Waals surface area contributed by atoms with Crippen molar-refractivity contribution in [2.24, 2.45) is 5.92 Å². The zero-order valence-electron chi connectivity index (χ0n) is 23.6. The number of fused-ring (bicyclic) bond motifs is 1. The number of nitrogens with one attached hydrogen (secondary N) is 1. The minimum absolute atomic E-state index is 0.186. The molecule has 42 heavy (non-hydrogen) atoms. The van der Waals surface area contributed by atoms with E-state index in [0.29, 0.717) is 67.5 Å². The second-order valence-electron chi connectivity index (χ2n) is 11.2. The first-order valence-electron chi connectivity index (χ1n) is 14.9. The molecule has 0 radical (unpaired) electrons. The summed E-state index contributed by atoms with van der Waals surface area (Å²) in [6.07, 6.45) is 4.52. The van der Waals surface area contributed by atoms with Gasteiger partial charge in [-0.25, -0.2) is 13.8 Å². The van der Waals surface area contributed by atoms with Crippen LogP contribution in [0.4, 0.5) is 14.7 Å². The highest BCUT2D eigenvalue weighted by Gasteiger charge is 2.25. The minimum Gasteiger partial charge on any atom is -0.508 e. The first-order valence-corrected chi connectivity index (χ1v) is 14.9. The molecule has 2 aromatic carbocycles. The normalized spacial score (nSPS) is 19.5. The van der Waals surface area contributed by atoms with Crippen molar-refractivity contribution in [2.75, 3.05) is 31.2 Å². The predicted octanol–water partition coefficient (Wildman–Crippen LogP) is 5.36. The molecular formula is C31H37F2N7O2. The number of anilines is 1. The van der Waals surface area contributed by atoms with Gasteiger partial charge in [0.2, 0.25) is 11.9 Å². The monoisotopic (exact) mass is 577 g/mol. The van der Waals surface area contributed by atoms with Gasteiger partial charge in [-0.15, -0.1) is 0 Å². The molecule has 0 atom stereocenters. The number of ether oxygens (including phenoxy) is 1. The van der Waals surface area contributed by atoms with Crippen molar-refractivity contribution in [3.05, 3.63) is 65.7 Å². The van der Waals surface area contributed by atoms with Crippen molar-refractivity contribution in [3.63, 3.8) is 0 Å². The van der Waals surface area contributed by atoms with Crippen LogP contribution in [0.2, 0.25) is 0 Å². The molecule has 1 saturated carbocycles. The lowest BCUT2D eigenvalue weighted by Gasteiger charge is -2.29. The molecule has 0 spiro atoms. The van der Waals surface area contributed by atoms with Gasteiger partial charge < -0.3 is 20.1 Å². The number of aromatic hydroxyl groups is 1. The molecule has 2 aromatic heterocycles. The summed E-state index contributed by atoms with van der Waals surface area (Å²) in [6, 6.07) is 14.9. The summed E-state index contributed by atoms with van der Waals surface area (Å²) in [5.41, 5.74) is 2.21.